The van der Waals surface area contributed by atoms with E-state index in [1.54, 1.807) is 11.9 Å². The molecule has 1 fully saturated rings. The molecule has 0 unspecified atom stereocenters. The minimum atomic E-state index is 0.829. The molecule has 108 valence electrons. The van der Waals surface area contributed by atoms with Gasteiger partial charge in [-0.25, -0.2) is 0 Å². The molecule has 0 heterocycles. The van der Waals surface area contributed by atoms with Crippen LogP contribution in [0.5, 0.6) is 0 Å². The molecule has 0 amide bonds. The molecule has 18 heavy (non-hydrogen) atoms. The van der Waals surface area contributed by atoms with E-state index in [1.165, 1.54) is 57.8 Å². The highest BCUT2D eigenvalue weighted by Crippen LogP contribution is 2.25. The number of unbranched alkanes of at least 4 members (excludes halogenated alkanes) is 3. The molecule has 0 aromatic rings. The lowest BCUT2D eigenvalue weighted by atomic mass is 9.87. The molecule has 1 rings (SSSR count). The molecule has 0 bridgehead atoms. The lowest BCUT2D eigenvalue weighted by molar-refractivity contribution is 0.0840. The topological polar surface area (TPSA) is 47.3 Å². The van der Waals surface area contributed by atoms with Crippen molar-refractivity contribution < 1.29 is 4.84 Å². The Labute approximate surface area is 117 Å². The first-order chi connectivity index (χ1) is 8.93. The predicted octanol–water partition coefficient (Wildman–Crippen LogP) is 3.65. The summed E-state index contributed by atoms with van der Waals surface area (Å²) in [6.07, 6.45) is 13.3. The zero-order valence-corrected chi connectivity index (χ0v) is 12.5. The van der Waals surface area contributed by atoms with Gasteiger partial charge in [0.05, 0.1) is 6.61 Å². The van der Waals surface area contributed by atoms with E-state index in [1.807, 2.05) is 0 Å². The van der Waals surface area contributed by atoms with Crippen molar-refractivity contribution in [3.63, 3.8) is 0 Å². The first-order valence-corrected chi connectivity index (χ1v) is 8.60. The van der Waals surface area contributed by atoms with Crippen LogP contribution < -0.4 is 10.6 Å². The molecule has 1 aliphatic rings. The number of hydrogen-bond donors (Lipinski definition) is 2. The molecule has 0 aromatic heterocycles. The summed E-state index contributed by atoms with van der Waals surface area (Å²) in [7, 11) is 0. The Morgan fingerprint density at radius 1 is 1.06 bits per heavy atom. The Kier molecular flexibility index (Phi) is 11.1. The van der Waals surface area contributed by atoms with Crippen LogP contribution >= 0.6 is 11.9 Å². The molecule has 3 nitrogen and oxygen atoms in total. The van der Waals surface area contributed by atoms with Gasteiger partial charge in [0, 0.05) is 5.75 Å². The Hall–Kier alpha value is 0.230. The molecule has 0 radical (unpaired) electrons. The van der Waals surface area contributed by atoms with Gasteiger partial charge >= 0.3 is 0 Å². The molecular weight excluding hydrogens is 244 g/mol. The van der Waals surface area contributed by atoms with Crippen LogP contribution in [0.15, 0.2) is 0 Å². The smallest absolute Gasteiger partial charge is 0.0695 e. The van der Waals surface area contributed by atoms with Crippen LogP contribution in [0.4, 0.5) is 0 Å². The van der Waals surface area contributed by atoms with E-state index in [0.717, 1.165) is 31.2 Å². The second kappa shape index (κ2) is 12.3. The van der Waals surface area contributed by atoms with Gasteiger partial charge < -0.3 is 5.73 Å². The number of hydrogen-bond acceptors (Lipinski definition) is 4. The van der Waals surface area contributed by atoms with E-state index >= 15 is 0 Å². The molecule has 1 saturated carbocycles. The van der Waals surface area contributed by atoms with Gasteiger partial charge in [0.25, 0.3) is 0 Å². The van der Waals surface area contributed by atoms with Gasteiger partial charge in [0.1, 0.15) is 0 Å². The largest absolute Gasteiger partial charge is 0.330 e. The zero-order chi connectivity index (χ0) is 12.9. The Morgan fingerprint density at radius 3 is 2.61 bits per heavy atom. The molecular formula is C14H30N2OS. The maximum atomic E-state index is 5.46. The van der Waals surface area contributed by atoms with E-state index in [0.29, 0.717) is 0 Å². The van der Waals surface area contributed by atoms with E-state index in [9.17, 15) is 0 Å². The molecule has 4 heteroatoms. The standard InChI is InChI=1S/C14H30N2OS/c15-11-6-1-2-7-13-18-16-17-12-10-14-8-4-3-5-9-14/h14,16H,1-13,15H2. The summed E-state index contributed by atoms with van der Waals surface area (Å²) in [4.78, 5) is 8.46. The van der Waals surface area contributed by atoms with Crippen molar-refractivity contribution in [2.24, 2.45) is 11.7 Å². The maximum Gasteiger partial charge on any atom is 0.0695 e. The highest BCUT2D eigenvalue weighted by molar-refractivity contribution is 7.97. The minimum Gasteiger partial charge on any atom is -0.330 e. The molecule has 0 spiro atoms. The summed E-state index contributed by atoms with van der Waals surface area (Å²) in [6, 6.07) is 0. The van der Waals surface area contributed by atoms with Crippen LogP contribution in [-0.4, -0.2) is 18.9 Å². The first kappa shape index (κ1) is 16.3. The van der Waals surface area contributed by atoms with Crippen molar-refractivity contribution in [3.8, 4) is 0 Å². The van der Waals surface area contributed by atoms with Crippen LogP contribution in [0.25, 0.3) is 0 Å². The van der Waals surface area contributed by atoms with E-state index in [4.69, 9.17) is 10.6 Å². The number of nitrogens with two attached hydrogens (primary N) is 1. The van der Waals surface area contributed by atoms with Crippen molar-refractivity contribution in [3.05, 3.63) is 0 Å². The molecule has 1 aliphatic carbocycles. The van der Waals surface area contributed by atoms with Gasteiger partial charge in [0.2, 0.25) is 0 Å². The van der Waals surface area contributed by atoms with E-state index < -0.39 is 0 Å². The normalized spacial score (nSPS) is 17.2. The fourth-order valence-electron chi connectivity index (χ4n) is 2.50. The average molecular weight is 274 g/mol. The summed E-state index contributed by atoms with van der Waals surface area (Å²) in [6.45, 7) is 1.69. The van der Waals surface area contributed by atoms with Crippen molar-refractivity contribution in [1.82, 2.24) is 4.89 Å². The van der Waals surface area contributed by atoms with Crippen LogP contribution in [0.2, 0.25) is 0 Å². The molecule has 3 N–H and O–H groups in total. The average Bonchev–Trinajstić information content (AvgIpc) is 2.42. The van der Waals surface area contributed by atoms with Gasteiger partial charge in [-0.15, -0.1) is 4.89 Å². The minimum absolute atomic E-state index is 0.829. The predicted molar refractivity (Wildman–Crippen MR) is 80.3 cm³/mol. The number of rotatable bonds is 11. The Balaban J connectivity index is 1.73. The fraction of sp³-hybridized carbons (Fsp3) is 1.00. The van der Waals surface area contributed by atoms with Crippen LogP contribution in [-0.2, 0) is 4.84 Å². The van der Waals surface area contributed by atoms with Crippen LogP contribution in [0.3, 0.4) is 0 Å². The van der Waals surface area contributed by atoms with Gasteiger partial charge in [-0.2, -0.15) is 0 Å². The Bertz CT molecular complexity index is 175. The zero-order valence-electron chi connectivity index (χ0n) is 11.7. The van der Waals surface area contributed by atoms with Crippen LogP contribution in [0, 0.1) is 5.92 Å². The lowest BCUT2D eigenvalue weighted by Crippen LogP contribution is -2.13. The van der Waals surface area contributed by atoms with Crippen molar-refractivity contribution in [1.29, 1.82) is 0 Å². The quantitative estimate of drug-likeness (QED) is 0.343. The molecule has 0 atom stereocenters. The van der Waals surface area contributed by atoms with E-state index in [2.05, 4.69) is 4.89 Å². The summed E-state index contributed by atoms with van der Waals surface area (Å²) in [5.41, 5.74) is 5.45. The summed E-state index contributed by atoms with van der Waals surface area (Å²) in [5, 5.41) is 0. The third kappa shape index (κ3) is 9.20. The first-order valence-electron chi connectivity index (χ1n) is 7.62. The maximum absolute atomic E-state index is 5.46. The molecule has 0 saturated heterocycles. The fourth-order valence-corrected chi connectivity index (χ4v) is 3.10. The van der Waals surface area contributed by atoms with E-state index in [-0.39, 0.29) is 0 Å². The highest BCUT2D eigenvalue weighted by atomic mass is 32.2. The summed E-state index contributed by atoms with van der Waals surface area (Å²) < 4.78 is 0. The second-order valence-electron chi connectivity index (χ2n) is 5.28. The van der Waals surface area contributed by atoms with Crippen molar-refractivity contribution >= 4 is 11.9 Å². The Morgan fingerprint density at radius 2 is 1.83 bits per heavy atom. The summed E-state index contributed by atoms with van der Waals surface area (Å²) >= 11 is 1.69. The highest BCUT2D eigenvalue weighted by Gasteiger charge is 2.12. The van der Waals surface area contributed by atoms with Gasteiger partial charge in [-0.1, -0.05) is 56.9 Å². The summed E-state index contributed by atoms with van der Waals surface area (Å²) in [5.74, 6) is 2.05. The third-order valence-electron chi connectivity index (χ3n) is 3.67. The molecule has 0 aliphatic heterocycles. The van der Waals surface area contributed by atoms with Crippen molar-refractivity contribution in [2.45, 2.75) is 64.2 Å². The number of nitrogens with one attached hydrogen (secondary N) is 1. The van der Waals surface area contributed by atoms with Gasteiger partial charge in [-0.3, -0.25) is 4.84 Å². The lowest BCUT2D eigenvalue weighted by Gasteiger charge is -2.20. The van der Waals surface area contributed by atoms with Gasteiger partial charge in [-0.05, 0) is 31.7 Å². The second-order valence-corrected chi connectivity index (χ2v) is 6.14. The third-order valence-corrected chi connectivity index (χ3v) is 4.40. The molecule has 0 aromatic carbocycles. The SMILES string of the molecule is NCCCCCCSNOCCC1CCCCC1. The van der Waals surface area contributed by atoms with Crippen LogP contribution in [0.1, 0.15) is 64.2 Å². The van der Waals surface area contributed by atoms with Crippen molar-refractivity contribution in [2.75, 3.05) is 18.9 Å². The monoisotopic (exact) mass is 274 g/mol. The van der Waals surface area contributed by atoms with Gasteiger partial charge in [0.15, 0.2) is 0 Å².